The Kier molecular flexibility index (Phi) is 3.80. The molecule has 0 unspecified atom stereocenters. The van der Waals surface area contributed by atoms with Gasteiger partial charge in [-0.1, -0.05) is 25.1 Å². The highest BCUT2D eigenvalue weighted by atomic mass is 16.2. The summed E-state index contributed by atoms with van der Waals surface area (Å²) in [6, 6.07) is 9.01. The molecule has 0 spiro atoms. The summed E-state index contributed by atoms with van der Waals surface area (Å²) in [4.78, 5) is 26.2. The number of hydrogen-bond acceptors (Lipinski definition) is 2. The molecule has 0 aliphatic heterocycles. The summed E-state index contributed by atoms with van der Waals surface area (Å²) in [6.45, 7) is 3.96. The van der Waals surface area contributed by atoms with Gasteiger partial charge in [0.25, 0.3) is 11.5 Å². The van der Waals surface area contributed by atoms with Gasteiger partial charge in [0.15, 0.2) is 0 Å². The normalized spacial score (nSPS) is 10.2. The highest BCUT2D eigenvalue weighted by molar-refractivity contribution is 6.04. The van der Waals surface area contributed by atoms with Crippen LogP contribution in [0.25, 0.3) is 0 Å². The molecule has 2 N–H and O–H groups in total. The smallest absolute Gasteiger partial charge is 0.261 e. The van der Waals surface area contributed by atoms with Crippen LogP contribution >= 0.6 is 0 Å². The number of pyridine rings is 1. The Morgan fingerprint density at radius 1 is 1.26 bits per heavy atom. The molecule has 1 amide bonds. The van der Waals surface area contributed by atoms with Gasteiger partial charge in [-0.3, -0.25) is 9.59 Å². The predicted molar refractivity (Wildman–Crippen MR) is 75.6 cm³/mol. The lowest BCUT2D eigenvalue weighted by Gasteiger charge is -2.12. The molecule has 4 nitrogen and oxygen atoms in total. The Labute approximate surface area is 111 Å². The molecular formula is C15H16N2O2. The molecule has 0 aliphatic carbocycles. The summed E-state index contributed by atoms with van der Waals surface area (Å²) in [5.41, 5.74) is 2.57. The number of carbonyl (C=O) groups excluding carboxylic acids is 1. The molecule has 19 heavy (non-hydrogen) atoms. The summed E-state index contributed by atoms with van der Waals surface area (Å²) in [7, 11) is 0. The average molecular weight is 256 g/mol. The van der Waals surface area contributed by atoms with Gasteiger partial charge in [-0.05, 0) is 36.6 Å². The van der Waals surface area contributed by atoms with E-state index in [1.165, 1.54) is 12.3 Å². The highest BCUT2D eigenvalue weighted by Gasteiger charge is 2.12. The van der Waals surface area contributed by atoms with E-state index in [0.717, 1.165) is 23.2 Å². The number of aromatic amines is 1. The Morgan fingerprint density at radius 3 is 2.74 bits per heavy atom. The number of carbonyl (C=O) groups is 1. The third-order valence-corrected chi connectivity index (χ3v) is 3.04. The first-order valence-electron chi connectivity index (χ1n) is 6.21. The van der Waals surface area contributed by atoms with Gasteiger partial charge in [0.1, 0.15) is 5.56 Å². The summed E-state index contributed by atoms with van der Waals surface area (Å²) in [5.74, 6) is -0.383. The minimum absolute atomic E-state index is 0.118. The summed E-state index contributed by atoms with van der Waals surface area (Å²) in [5, 5.41) is 2.83. The topological polar surface area (TPSA) is 62.0 Å². The first-order chi connectivity index (χ1) is 9.13. The van der Waals surface area contributed by atoms with Crippen molar-refractivity contribution < 1.29 is 4.79 Å². The van der Waals surface area contributed by atoms with Crippen molar-refractivity contribution in [2.75, 3.05) is 5.32 Å². The number of anilines is 1. The van der Waals surface area contributed by atoms with Gasteiger partial charge >= 0.3 is 0 Å². The van der Waals surface area contributed by atoms with E-state index < -0.39 is 0 Å². The van der Waals surface area contributed by atoms with Crippen LogP contribution in [-0.4, -0.2) is 10.9 Å². The zero-order valence-corrected chi connectivity index (χ0v) is 11.0. The molecule has 1 heterocycles. The van der Waals surface area contributed by atoms with Crippen LogP contribution < -0.4 is 10.9 Å². The fraction of sp³-hybridized carbons (Fsp3) is 0.200. The molecule has 1 aromatic carbocycles. The highest BCUT2D eigenvalue weighted by Crippen LogP contribution is 2.21. The van der Waals surface area contributed by atoms with E-state index in [1.54, 1.807) is 6.07 Å². The van der Waals surface area contributed by atoms with E-state index >= 15 is 0 Å². The maximum absolute atomic E-state index is 12.1. The molecule has 0 saturated heterocycles. The average Bonchev–Trinajstić information content (AvgIpc) is 2.41. The molecular weight excluding hydrogens is 240 g/mol. The minimum atomic E-state index is -0.383. The maximum Gasteiger partial charge on any atom is 0.261 e. The largest absolute Gasteiger partial charge is 0.328 e. The zero-order chi connectivity index (χ0) is 13.8. The molecule has 0 bridgehead atoms. The van der Waals surface area contributed by atoms with Crippen LogP contribution in [0.5, 0.6) is 0 Å². The van der Waals surface area contributed by atoms with Crippen LogP contribution in [0.15, 0.2) is 41.3 Å². The number of nitrogens with one attached hydrogen (secondary N) is 2. The van der Waals surface area contributed by atoms with Crippen LogP contribution in [0.1, 0.15) is 28.4 Å². The van der Waals surface area contributed by atoms with Gasteiger partial charge in [-0.2, -0.15) is 0 Å². The lowest BCUT2D eigenvalue weighted by atomic mass is 10.1. The Balaban J connectivity index is 2.35. The quantitative estimate of drug-likeness (QED) is 0.886. The Hall–Kier alpha value is -2.36. The molecule has 0 fully saturated rings. The maximum atomic E-state index is 12.1. The second-order valence-corrected chi connectivity index (χ2v) is 4.33. The van der Waals surface area contributed by atoms with E-state index in [-0.39, 0.29) is 17.0 Å². The van der Waals surface area contributed by atoms with E-state index in [0.29, 0.717) is 0 Å². The molecule has 1 aromatic heterocycles. The molecule has 0 atom stereocenters. The van der Waals surface area contributed by atoms with Gasteiger partial charge in [-0.25, -0.2) is 0 Å². The number of amides is 1. The summed E-state index contributed by atoms with van der Waals surface area (Å²) >= 11 is 0. The predicted octanol–water partition coefficient (Wildman–Crippen LogP) is 2.50. The number of para-hydroxylation sites is 1. The second kappa shape index (κ2) is 5.52. The fourth-order valence-electron chi connectivity index (χ4n) is 1.98. The third kappa shape index (κ3) is 2.73. The Morgan fingerprint density at radius 2 is 2.05 bits per heavy atom. The van der Waals surface area contributed by atoms with E-state index in [4.69, 9.17) is 0 Å². The molecule has 0 radical (unpaired) electrons. The van der Waals surface area contributed by atoms with Crippen LogP contribution in [-0.2, 0) is 6.42 Å². The number of benzene rings is 1. The number of H-pyrrole nitrogens is 1. The van der Waals surface area contributed by atoms with Gasteiger partial charge in [-0.15, -0.1) is 0 Å². The van der Waals surface area contributed by atoms with Gasteiger partial charge < -0.3 is 10.3 Å². The first kappa shape index (κ1) is 13.1. The summed E-state index contributed by atoms with van der Waals surface area (Å²) in [6.07, 6.45) is 2.33. The number of aryl methyl sites for hydroxylation is 2. The Bertz CT molecular complexity index is 659. The minimum Gasteiger partial charge on any atom is -0.328 e. The van der Waals surface area contributed by atoms with Crippen LogP contribution in [0, 0.1) is 6.92 Å². The van der Waals surface area contributed by atoms with Crippen molar-refractivity contribution in [3.63, 3.8) is 0 Å². The lowest BCUT2D eigenvalue weighted by molar-refractivity contribution is 0.102. The van der Waals surface area contributed by atoms with Crippen molar-refractivity contribution in [3.8, 4) is 0 Å². The third-order valence-electron chi connectivity index (χ3n) is 3.04. The number of aromatic nitrogens is 1. The van der Waals surface area contributed by atoms with Crippen molar-refractivity contribution in [1.29, 1.82) is 0 Å². The molecule has 2 aromatic rings. The molecule has 98 valence electrons. The van der Waals surface area contributed by atoms with E-state index in [1.807, 2.05) is 32.0 Å². The van der Waals surface area contributed by atoms with Gasteiger partial charge in [0, 0.05) is 11.9 Å². The number of hydrogen-bond donors (Lipinski definition) is 2. The zero-order valence-electron chi connectivity index (χ0n) is 11.0. The van der Waals surface area contributed by atoms with Crippen molar-refractivity contribution in [3.05, 3.63) is 63.6 Å². The van der Waals surface area contributed by atoms with Crippen LogP contribution in [0.3, 0.4) is 0 Å². The van der Waals surface area contributed by atoms with Crippen molar-refractivity contribution >= 4 is 11.6 Å². The van der Waals surface area contributed by atoms with E-state index in [9.17, 15) is 9.59 Å². The first-order valence-corrected chi connectivity index (χ1v) is 6.21. The van der Waals surface area contributed by atoms with Crippen LogP contribution in [0.2, 0.25) is 0 Å². The van der Waals surface area contributed by atoms with E-state index in [2.05, 4.69) is 10.3 Å². The molecule has 0 aliphatic rings. The van der Waals surface area contributed by atoms with Gasteiger partial charge in [0.2, 0.25) is 0 Å². The SMILES string of the molecule is CCc1cccc(C)c1NC(=O)c1ccc[nH]c1=O. The van der Waals surface area contributed by atoms with Crippen molar-refractivity contribution in [1.82, 2.24) is 4.98 Å². The van der Waals surface area contributed by atoms with Crippen LogP contribution in [0.4, 0.5) is 5.69 Å². The standard InChI is InChI=1S/C15H16N2O2/c1-3-11-7-4-6-10(2)13(11)17-15(19)12-8-5-9-16-14(12)18/h4-9H,3H2,1-2H3,(H,16,18)(H,17,19). The lowest BCUT2D eigenvalue weighted by Crippen LogP contribution is -2.23. The van der Waals surface area contributed by atoms with Crippen molar-refractivity contribution in [2.24, 2.45) is 0 Å². The fourth-order valence-corrected chi connectivity index (χ4v) is 1.98. The molecule has 2 rings (SSSR count). The number of rotatable bonds is 3. The summed E-state index contributed by atoms with van der Waals surface area (Å²) < 4.78 is 0. The molecule has 4 heteroatoms. The molecule has 0 saturated carbocycles. The van der Waals surface area contributed by atoms with Crippen molar-refractivity contribution in [2.45, 2.75) is 20.3 Å². The monoisotopic (exact) mass is 256 g/mol. The second-order valence-electron chi connectivity index (χ2n) is 4.33. The van der Waals surface area contributed by atoms with Gasteiger partial charge in [0.05, 0.1) is 0 Å².